The van der Waals surface area contributed by atoms with Crippen LogP contribution in [0, 0.1) is 22.6 Å². The summed E-state index contributed by atoms with van der Waals surface area (Å²) in [5, 5.41) is 3.74. The van der Waals surface area contributed by atoms with Crippen LogP contribution in [0.1, 0.15) is 65.5 Å². The van der Waals surface area contributed by atoms with E-state index in [0.29, 0.717) is 16.9 Å². The third-order valence-electron chi connectivity index (χ3n) is 6.01. The van der Waals surface area contributed by atoms with Crippen LogP contribution < -0.4 is 5.32 Å². The first-order chi connectivity index (χ1) is 9.80. The van der Waals surface area contributed by atoms with E-state index in [2.05, 4.69) is 39.9 Å². The van der Waals surface area contributed by atoms with Crippen LogP contribution in [0.25, 0.3) is 0 Å². The molecule has 1 aliphatic rings. The predicted molar refractivity (Wildman–Crippen MR) is 87.7 cm³/mol. The highest BCUT2D eigenvalue weighted by Gasteiger charge is 2.63. The Hall–Kier alpha value is -0.890. The summed E-state index contributed by atoms with van der Waals surface area (Å²) in [6.45, 7) is 12.7. The minimum Gasteiger partial charge on any atom is -0.310 e. The van der Waals surface area contributed by atoms with Gasteiger partial charge in [-0.2, -0.15) is 0 Å². The third kappa shape index (κ3) is 3.31. The minimum absolute atomic E-state index is 0.155. The molecule has 2 heteroatoms. The SMILES string of the molecule is CCCCC(NCC1C(C)(C)C1(C)C)c1ccc(F)cc1. The van der Waals surface area contributed by atoms with Gasteiger partial charge in [0.2, 0.25) is 0 Å². The maximum atomic E-state index is 13.1. The monoisotopic (exact) mass is 291 g/mol. The zero-order valence-electron chi connectivity index (χ0n) is 14.2. The quantitative estimate of drug-likeness (QED) is 0.716. The van der Waals surface area contributed by atoms with Gasteiger partial charge < -0.3 is 5.32 Å². The van der Waals surface area contributed by atoms with E-state index in [1.807, 2.05) is 12.1 Å². The van der Waals surface area contributed by atoms with E-state index < -0.39 is 0 Å². The molecule has 1 aliphatic carbocycles. The molecule has 2 rings (SSSR count). The molecule has 0 amide bonds. The van der Waals surface area contributed by atoms with Gasteiger partial charge in [-0.15, -0.1) is 0 Å². The molecule has 0 bridgehead atoms. The Bertz CT molecular complexity index is 447. The fourth-order valence-corrected chi connectivity index (χ4v) is 3.59. The first kappa shape index (κ1) is 16.5. The third-order valence-corrected chi connectivity index (χ3v) is 6.01. The Morgan fingerprint density at radius 1 is 1.10 bits per heavy atom. The van der Waals surface area contributed by atoms with Crippen molar-refractivity contribution >= 4 is 0 Å². The minimum atomic E-state index is -0.155. The molecule has 1 fully saturated rings. The number of unbranched alkanes of at least 4 members (excludes halogenated alkanes) is 1. The lowest BCUT2D eigenvalue weighted by Gasteiger charge is -2.20. The number of hydrogen-bond acceptors (Lipinski definition) is 1. The van der Waals surface area contributed by atoms with Gasteiger partial charge in [-0.1, -0.05) is 59.6 Å². The van der Waals surface area contributed by atoms with Crippen LogP contribution in [-0.2, 0) is 0 Å². The Labute approximate surface area is 129 Å². The van der Waals surface area contributed by atoms with Gasteiger partial charge in [0.15, 0.2) is 0 Å². The van der Waals surface area contributed by atoms with Gasteiger partial charge in [0.1, 0.15) is 5.82 Å². The van der Waals surface area contributed by atoms with Gasteiger partial charge in [-0.3, -0.25) is 0 Å². The molecular weight excluding hydrogens is 261 g/mol. The lowest BCUT2D eigenvalue weighted by Crippen LogP contribution is -2.25. The van der Waals surface area contributed by atoms with Crippen molar-refractivity contribution < 1.29 is 4.39 Å². The highest BCUT2D eigenvalue weighted by molar-refractivity contribution is 5.20. The average Bonchev–Trinajstić information content (AvgIpc) is 2.82. The second-order valence-electron chi connectivity index (χ2n) is 7.65. The van der Waals surface area contributed by atoms with Crippen molar-refractivity contribution in [1.29, 1.82) is 0 Å². The van der Waals surface area contributed by atoms with Gasteiger partial charge in [0.25, 0.3) is 0 Å². The summed E-state index contributed by atoms with van der Waals surface area (Å²) in [5.41, 5.74) is 2.04. The maximum Gasteiger partial charge on any atom is 0.123 e. The second kappa shape index (κ2) is 6.08. The zero-order chi connectivity index (χ0) is 15.7. The molecule has 0 saturated heterocycles. The van der Waals surface area contributed by atoms with Crippen LogP contribution in [-0.4, -0.2) is 6.54 Å². The van der Waals surface area contributed by atoms with E-state index in [1.54, 1.807) is 12.1 Å². The van der Waals surface area contributed by atoms with Crippen LogP contribution in [0.15, 0.2) is 24.3 Å². The van der Waals surface area contributed by atoms with Crippen LogP contribution in [0.5, 0.6) is 0 Å². The van der Waals surface area contributed by atoms with Crippen molar-refractivity contribution in [3.8, 4) is 0 Å². The molecule has 0 aliphatic heterocycles. The van der Waals surface area contributed by atoms with E-state index in [4.69, 9.17) is 0 Å². The Morgan fingerprint density at radius 3 is 2.14 bits per heavy atom. The zero-order valence-corrected chi connectivity index (χ0v) is 14.2. The van der Waals surface area contributed by atoms with E-state index in [1.165, 1.54) is 18.4 Å². The number of halogens is 1. The van der Waals surface area contributed by atoms with Crippen molar-refractivity contribution in [2.45, 2.75) is 59.9 Å². The van der Waals surface area contributed by atoms with Crippen molar-refractivity contribution in [3.05, 3.63) is 35.6 Å². The molecule has 0 aromatic heterocycles. The number of hydrogen-bond donors (Lipinski definition) is 1. The van der Waals surface area contributed by atoms with Gasteiger partial charge in [0, 0.05) is 6.04 Å². The lowest BCUT2D eigenvalue weighted by atomic mass is 10.0. The molecule has 0 spiro atoms. The molecule has 1 nitrogen and oxygen atoms in total. The summed E-state index contributed by atoms with van der Waals surface area (Å²) in [4.78, 5) is 0. The Morgan fingerprint density at radius 2 is 1.67 bits per heavy atom. The van der Waals surface area contributed by atoms with E-state index >= 15 is 0 Å². The number of benzene rings is 1. The van der Waals surface area contributed by atoms with Gasteiger partial charge in [-0.05, 0) is 47.4 Å². The van der Waals surface area contributed by atoms with Crippen LogP contribution >= 0.6 is 0 Å². The summed E-state index contributed by atoms with van der Waals surface area (Å²) >= 11 is 0. The summed E-state index contributed by atoms with van der Waals surface area (Å²) in [5.74, 6) is 0.562. The van der Waals surface area contributed by atoms with E-state index in [9.17, 15) is 4.39 Å². The predicted octanol–water partition coefficient (Wildman–Crippen LogP) is 5.33. The summed E-state index contributed by atoms with van der Waals surface area (Å²) < 4.78 is 13.1. The van der Waals surface area contributed by atoms with Crippen molar-refractivity contribution in [2.24, 2.45) is 16.7 Å². The molecule has 1 N–H and O–H groups in total. The molecule has 1 saturated carbocycles. The first-order valence-corrected chi connectivity index (χ1v) is 8.29. The van der Waals surface area contributed by atoms with E-state index in [-0.39, 0.29) is 5.82 Å². The molecule has 1 unspecified atom stereocenters. The molecule has 1 aromatic rings. The molecular formula is C19H30FN. The fraction of sp³-hybridized carbons (Fsp3) is 0.684. The van der Waals surface area contributed by atoms with E-state index in [0.717, 1.165) is 18.9 Å². The number of nitrogens with one attached hydrogen (secondary N) is 1. The first-order valence-electron chi connectivity index (χ1n) is 8.29. The molecule has 1 atom stereocenters. The maximum absolute atomic E-state index is 13.1. The van der Waals surface area contributed by atoms with Crippen LogP contribution in [0.3, 0.4) is 0 Å². The van der Waals surface area contributed by atoms with Gasteiger partial charge in [-0.25, -0.2) is 4.39 Å². The molecule has 0 radical (unpaired) electrons. The molecule has 0 heterocycles. The normalized spacial score (nSPS) is 21.2. The molecule has 21 heavy (non-hydrogen) atoms. The lowest BCUT2D eigenvalue weighted by molar-refractivity contribution is 0.439. The topological polar surface area (TPSA) is 12.0 Å². The Balaban J connectivity index is 1.99. The average molecular weight is 291 g/mol. The van der Waals surface area contributed by atoms with Gasteiger partial charge >= 0.3 is 0 Å². The fourth-order valence-electron chi connectivity index (χ4n) is 3.59. The van der Waals surface area contributed by atoms with Crippen molar-refractivity contribution in [3.63, 3.8) is 0 Å². The highest BCUT2D eigenvalue weighted by Crippen LogP contribution is 2.68. The summed E-state index contributed by atoms with van der Waals surface area (Å²) in [7, 11) is 0. The summed E-state index contributed by atoms with van der Waals surface area (Å²) in [6.07, 6.45) is 3.52. The summed E-state index contributed by atoms with van der Waals surface area (Å²) in [6, 6.07) is 7.33. The van der Waals surface area contributed by atoms with Crippen molar-refractivity contribution in [2.75, 3.05) is 6.54 Å². The molecule has 1 aromatic carbocycles. The van der Waals surface area contributed by atoms with Crippen molar-refractivity contribution in [1.82, 2.24) is 5.32 Å². The smallest absolute Gasteiger partial charge is 0.123 e. The van der Waals surface area contributed by atoms with Crippen LogP contribution in [0.4, 0.5) is 4.39 Å². The standard InChI is InChI=1S/C19H30FN/c1-6-7-8-16(14-9-11-15(20)12-10-14)21-13-17-18(2,3)19(17,4)5/h9-12,16-17,21H,6-8,13H2,1-5H3. The van der Waals surface area contributed by atoms with Crippen LogP contribution in [0.2, 0.25) is 0 Å². The largest absolute Gasteiger partial charge is 0.310 e. The highest BCUT2D eigenvalue weighted by atomic mass is 19.1. The molecule has 118 valence electrons. The number of rotatable bonds is 7. The van der Waals surface area contributed by atoms with Gasteiger partial charge in [0.05, 0.1) is 0 Å². The second-order valence-corrected chi connectivity index (χ2v) is 7.65. The Kier molecular flexibility index (Phi) is 4.77.